The molecule has 6 heteroatoms. The lowest BCUT2D eigenvalue weighted by atomic mass is 10.1. The minimum absolute atomic E-state index is 0.0248. The van der Waals surface area contributed by atoms with Crippen LogP contribution in [-0.4, -0.2) is 54.3 Å². The molecule has 1 fully saturated rings. The summed E-state index contributed by atoms with van der Waals surface area (Å²) in [6, 6.07) is 9.34. The van der Waals surface area contributed by atoms with Crippen molar-refractivity contribution in [1.29, 1.82) is 0 Å². The highest BCUT2D eigenvalue weighted by Gasteiger charge is 2.24. The van der Waals surface area contributed by atoms with Crippen molar-refractivity contribution < 1.29 is 14.0 Å². The molecule has 25 heavy (non-hydrogen) atoms. The van der Waals surface area contributed by atoms with E-state index in [0.717, 1.165) is 16.8 Å². The summed E-state index contributed by atoms with van der Waals surface area (Å²) in [7, 11) is 0. The lowest BCUT2D eigenvalue weighted by Gasteiger charge is -2.33. The number of aryl methyl sites for hydroxylation is 2. The Hall–Kier alpha value is -2.60. The molecule has 0 spiro atoms. The highest BCUT2D eigenvalue weighted by molar-refractivity contribution is 5.94. The van der Waals surface area contributed by atoms with Crippen molar-refractivity contribution in [3.8, 4) is 0 Å². The number of benzene rings is 1. The molecule has 132 valence electrons. The molecule has 1 aromatic heterocycles. The van der Waals surface area contributed by atoms with E-state index in [-0.39, 0.29) is 11.8 Å². The number of rotatable bonds is 4. The van der Waals surface area contributed by atoms with Crippen molar-refractivity contribution in [2.45, 2.75) is 13.8 Å². The van der Waals surface area contributed by atoms with Crippen molar-refractivity contribution in [2.24, 2.45) is 0 Å². The zero-order chi connectivity index (χ0) is 17.8. The van der Waals surface area contributed by atoms with Crippen LogP contribution >= 0.6 is 0 Å². The first-order valence-corrected chi connectivity index (χ1v) is 8.46. The summed E-state index contributed by atoms with van der Waals surface area (Å²) in [4.78, 5) is 28.4. The Morgan fingerprint density at radius 1 is 1.04 bits per heavy atom. The van der Waals surface area contributed by atoms with Crippen LogP contribution in [0.2, 0.25) is 0 Å². The van der Waals surface area contributed by atoms with Crippen LogP contribution in [-0.2, 0) is 4.79 Å². The second-order valence-electron chi connectivity index (χ2n) is 6.36. The Balaban J connectivity index is 1.50. The number of hydrogen-bond donors (Lipinski definition) is 1. The minimum Gasteiger partial charge on any atom is -0.459 e. The Morgan fingerprint density at radius 2 is 1.72 bits per heavy atom. The summed E-state index contributed by atoms with van der Waals surface area (Å²) in [5, 5.41) is 3.01. The van der Waals surface area contributed by atoms with Gasteiger partial charge < -0.3 is 14.6 Å². The first-order valence-electron chi connectivity index (χ1n) is 8.46. The lowest BCUT2D eigenvalue weighted by molar-refractivity contribution is -0.117. The van der Waals surface area contributed by atoms with Gasteiger partial charge in [0.05, 0.1) is 12.8 Å². The third kappa shape index (κ3) is 4.09. The van der Waals surface area contributed by atoms with Crippen LogP contribution in [0.1, 0.15) is 21.7 Å². The third-order valence-corrected chi connectivity index (χ3v) is 4.50. The number of nitrogens with one attached hydrogen (secondary N) is 1. The number of para-hydroxylation sites is 1. The highest BCUT2D eigenvalue weighted by Crippen LogP contribution is 2.19. The SMILES string of the molecule is Cc1cccc(C)c1NC(=O)CN1CCN(C(=O)c2ccco2)CC1. The van der Waals surface area contributed by atoms with Crippen molar-refractivity contribution in [3.63, 3.8) is 0 Å². The van der Waals surface area contributed by atoms with Crippen molar-refractivity contribution in [1.82, 2.24) is 9.80 Å². The van der Waals surface area contributed by atoms with Gasteiger partial charge in [-0.2, -0.15) is 0 Å². The number of carbonyl (C=O) groups is 2. The average molecular weight is 341 g/mol. The molecule has 0 radical (unpaired) electrons. The first-order chi connectivity index (χ1) is 12.0. The number of piperazine rings is 1. The fourth-order valence-electron chi connectivity index (χ4n) is 3.06. The summed E-state index contributed by atoms with van der Waals surface area (Å²) in [5.74, 6) is 0.245. The van der Waals surface area contributed by atoms with E-state index in [0.29, 0.717) is 38.5 Å². The van der Waals surface area contributed by atoms with E-state index in [4.69, 9.17) is 4.42 Å². The summed E-state index contributed by atoms with van der Waals surface area (Å²) < 4.78 is 5.16. The largest absolute Gasteiger partial charge is 0.459 e. The third-order valence-electron chi connectivity index (χ3n) is 4.50. The van der Waals surface area contributed by atoms with Crippen LogP contribution in [0.15, 0.2) is 41.0 Å². The molecule has 1 aliphatic heterocycles. The molecule has 1 N–H and O–H groups in total. The molecule has 0 saturated carbocycles. The van der Waals surface area contributed by atoms with Gasteiger partial charge in [0.2, 0.25) is 5.91 Å². The van der Waals surface area contributed by atoms with Crippen LogP contribution in [0.4, 0.5) is 5.69 Å². The van der Waals surface area contributed by atoms with Gasteiger partial charge in [-0.15, -0.1) is 0 Å². The molecule has 2 aromatic rings. The summed E-state index contributed by atoms with van der Waals surface area (Å²) in [6.45, 7) is 6.84. The molecule has 0 aliphatic carbocycles. The second-order valence-corrected chi connectivity index (χ2v) is 6.36. The maximum Gasteiger partial charge on any atom is 0.289 e. The molecule has 2 heterocycles. The number of anilines is 1. The van der Waals surface area contributed by atoms with Gasteiger partial charge in [0.1, 0.15) is 0 Å². The molecule has 1 saturated heterocycles. The van der Waals surface area contributed by atoms with Gasteiger partial charge in [0.25, 0.3) is 5.91 Å². The fraction of sp³-hybridized carbons (Fsp3) is 0.368. The normalized spacial score (nSPS) is 15.2. The van der Waals surface area contributed by atoms with Gasteiger partial charge in [-0.05, 0) is 37.1 Å². The topological polar surface area (TPSA) is 65.8 Å². The fourth-order valence-corrected chi connectivity index (χ4v) is 3.06. The number of carbonyl (C=O) groups excluding carboxylic acids is 2. The van der Waals surface area contributed by atoms with Crippen LogP contribution in [0.25, 0.3) is 0 Å². The van der Waals surface area contributed by atoms with Gasteiger partial charge in [0.15, 0.2) is 5.76 Å². The van der Waals surface area contributed by atoms with Gasteiger partial charge in [-0.1, -0.05) is 18.2 Å². The molecule has 6 nitrogen and oxygen atoms in total. The van der Waals surface area contributed by atoms with Crippen LogP contribution < -0.4 is 5.32 Å². The second kappa shape index (κ2) is 7.53. The number of furan rings is 1. The quantitative estimate of drug-likeness (QED) is 0.927. The molecule has 2 amide bonds. The van der Waals surface area contributed by atoms with Gasteiger partial charge >= 0.3 is 0 Å². The molecule has 0 bridgehead atoms. The van der Waals surface area contributed by atoms with Gasteiger partial charge in [0, 0.05) is 31.9 Å². The molecule has 0 unspecified atom stereocenters. The predicted molar refractivity (Wildman–Crippen MR) is 95.6 cm³/mol. The summed E-state index contributed by atoms with van der Waals surface area (Å²) in [5.41, 5.74) is 3.00. The zero-order valence-corrected chi connectivity index (χ0v) is 14.6. The summed E-state index contributed by atoms with van der Waals surface area (Å²) >= 11 is 0. The number of amides is 2. The van der Waals surface area contributed by atoms with E-state index >= 15 is 0 Å². The van der Waals surface area contributed by atoms with Crippen LogP contribution in [0, 0.1) is 13.8 Å². The Bertz CT molecular complexity index is 727. The van der Waals surface area contributed by atoms with E-state index in [2.05, 4.69) is 10.2 Å². The Morgan fingerprint density at radius 3 is 2.32 bits per heavy atom. The van der Waals surface area contributed by atoms with Crippen molar-refractivity contribution in [3.05, 3.63) is 53.5 Å². The maximum absolute atomic E-state index is 12.3. The van der Waals surface area contributed by atoms with Crippen molar-refractivity contribution in [2.75, 3.05) is 38.0 Å². The van der Waals surface area contributed by atoms with E-state index < -0.39 is 0 Å². The number of nitrogens with zero attached hydrogens (tertiary/aromatic N) is 2. The highest BCUT2D eigenvalue weighted by atomic mass is 16.3. The molecule has 3 rings (SSSR count). The van der Waals surface area contributed by atoms with Crippen LogP contribution in [0.3, 0.4) is 0 Å². The number of hydrogen-bond acceptors (Lipinski definition) is 4. The van der Waals surface area contributed by atoms with Gasteiger partial charge in [-0.3, -0.25) is 14.5 Å². The minimum atomic E-state index is -0.0929. The smallest absolute Gasteiger partial charge is 0.289 e. The van der Waals surface area contributed by atoms with E-state index in [1.165, 1.54) is 6.26 Å². The standard InChI is InChI=1S/C19H23N3O3/c1-14-5-3-6-15(2)18(14)20-17(23)13-21-8-10-22(11-9-21)19(24)16-7-4-12-25-16/h3-7,12H,8-11,13H2,1-2H3,(H,20,23). The monoisotopic (exact) mass is 341 g/mol. The Kier molecular flexibility index (Phi) is 5.19. The van der Waals surface area contributed by atoms with Crippen LogP contribution in [0.5, 0.6) is 0 Å². The van der Waals surface area contributed by atoms with Gasteiger partial charge in [-0.25, -0.2) is 0 Å². The van der Waals surface area contributed by atoms with Crippen molar-refractivity contribution >= 4 is 17.5 Å². The maximum atomic E-state index is 12.3. The van der Waals surface area contributed by atoms with E-state index in [1.807, 2.05) is 32.0 Å². The Labute approximate surface area is 147 Å². The molecular formula is C19H23N3O3. The average Bonchev–Trinajstić information content (AvgIpc) is 3.13. The zero-order valence-electron chi connectivity index (χ0n) is 14.6. The molecule has 1 aromatic carbocycles. The molecule has 0 atom stereocenters. The van der Waals surface area contributed by atoms with E-state index in [9.17, 15) is 9.59 Å². The lowest BCUT2D eigenvalue weighted by Crippen LogP contribution is -2.50. The summed E-state index contributed by atoms with van der Waals surface area (Å²) in [6.07, 6.45) is 1.50. The molecule has 1 aliphatic rings. The van der Waals surface area contributed by atoms with E-state index in [1.54, 1.807) is 17.0 Å². The first kappa shape index (κ1) is 17.2. The molecular weight excluding hydrogens is 318 g/mol. The predicted octanol–water partition coefficient (Wildman–Crippen LogP) is 2.29.